The van der Waals surface area contributed by atoms with Crippen LogP contribution in [0.2, 0.25) is 0 Å². The first-order valence-corrected chi connectivity index (χ1v) is 7.13. The number of aromatic hydroxyl groups is 1. The van der Waals surface area contributed by atoms with Gasteiger partial charge in [0.25, 0.3) is 0 Å². The van der Waals surface area contributed by atoms with Gasteiger partial charge in [0.2, 0.25) is 0 Å². The van der Waals surface area contributed by atoms with Crippen LogP contribution >= 0.6 is 0 Å². The first kappa shape index (κ1) is 20.2. The van der Waals surface area contributed by atoms with Crippen molar-refractivity contribution in [2.75, 3.05) is 6.61 Å². The minimum atomic E-state index is -2.28. The minimum absolute atomic E-state index is 0.0217. The number of phenolic OH excluding ortho intramolecular Hbond substituents is 1. The van der Waals surface area contributed by atoms with E-state index in [1.165, 1.54) is 24.3 Å². The molecule has 0 aliphatic rings. The normalized spacial score (nSPS) is 17.6. The van der Waals surface area contributed by atoms with Crippen molar-refractivity contribution < 1.29 is 40.2 Å². The fraction of sp³-hybridized carbons (Fsp3) is 0.467. The number of carbonyl (C=O) groups is 2. The van der Waals surface area contributed by atoms with Gasteiger partial charge in [0.15, 0.2) is 17.7 Å². The standard InChI is InChI=1S/C15H21NO8/c16-9(5-7-1-3-8(18)4-2-7)11(20)13(22)15(24)14(23)12(21)10(19)6-17/h1-4,9-10,12-14,17-19,21-23H,5-6,16H2/t9-,10+,12+,13?,14-/m0/s1. The topological polar surface area (TPSA) is 182 Å². The average molecular weight is 343 g/mol. The first-order chi connectivity index (χ1) is 11.2. The van der Waals surface area contributed by atoms with E-state index in [2.05, 4.69) is 0 Å². The van der Waals surface area contributed by atoms with Gasteiger partial charge in [-0.2, -0.15) is 0 Å². The molecule has 9 nitrogen and oxygen atoms in total. The van der Waals surface area contributed by atoms with Gasteiger partial charge in [-0.3, -0.25) is 9.59 Å². The maximum Gasteiger partial charge on any atom is 0.200 e. The van der Waals surface area contributed by atoms with Gasteiger partial charge in [-0.1, -0.05) is 12.1 Å². The quantitative estimate of drug-likeness (QED) is 0.227. The molecule has 0 heterocycles. The SMILES string of the molecule is N[C@@H](Cc1ccc(O)cc1)C(=O)C(O)C(=O)[C@@H](O)[C@H](O)[C@H](O)CO. The van der Waals surface area contributed by atoms with Crippen LogP contribution in [0.3, 0.4) is 0 Å². The average Bonchev–Trinajstić information content (AvgIpc) is 2.59. The second-order valence-electron chi connectivity index (χ2n) is 5.37. The molecule has 5 atom stereocenters. The third-order valence-electron chi connectivity index (χ3n) is 3.49. The monoisotopic (exact) mass is 343 g/mol. The van der Waals surface area contributed by atoms with Gasteiger partial charge in [0.1, 0.15) is 24.1 Å². The van der Waals surface area contributed by atoms with Crippen molar-refractivity contribution >= 4 is 11.6 Å². The summed E-state index contributed by atoms with van der Waals surface area (Å²) in [5.74, 6) is -2.48. The number of aliphatic hydroxyl groups is 5. The molecule has 0 aliphatic heterocycles. The van der Waals surface area contributed by atoms with Crippen LogP contribution in [-0.2, 0) is 16.0 Å². The summed E-state index contributed by atoms with van der Waals surface area (Å²) in [5, 5.41) is 55.7. The molecule has 0 aromatic heterocycles. The summed E-state index contributed by atoms with van der Waals surface area (Å²) in [7, 11) is 0. The number of benzene rings is 1. The summed E-state index contributed by atoms with van der Waals surface area (Å²) in [6.07, 6.45) is -8.43. The molecule has 24 heavy (non-hydrogen) atoms. The van der Waals surface area contributed by atoms with Gasteiger partial charge in [0, 0.05) is 0 Å². The number of phenols is 1. The fourth-order valence-electron chi connectivity index (χ4n) is 1.98. The number of ketones is 2. The summed E-state index contributed by atoms with van der Waals surface area (Å²) >= 11 is 0. The fourth-order valence-corrected chi connectivity index (χ4v) is 1.98. The van der Waals surface area contributed by atoms with Crippen LogP contribution in [0.25, 0.3) is 0 Å². The Kier molecular flexibility index (Phi) is 7.42. The van der Waals surface area contributed by atoms with Crippen molar-refractivity contribution in [3.8, 4) is 5.75 Å². The molecule has 9 heteroatoms. The van der Waals surface area contributed by atoms with Crippen LogP contribution in [0.1, 0.15) is 5.56 Å². The molecular formula is C15H21NO8. The molecule has 1 aromatic rings. The Morgan fingerprint density at radius 2 is 1.54 bits per heavy atom. The lowest BCUT2D eigenvalue weighted by Crippen LogP contribution is -2.52. The summed E-state index contributed by atoms with van der Waals surface area (Å²) in [4.78, 5) is 23.8. The molecule has 8 N–H and O–H groups in total. The van der Waals surface area contributed by atoms with Crippen molar-refractivity contribution in [2.45, 2.75) is 36.9 Å². The predicted molar refractivity (Wildman–Crippen MR) is 80.9 cm³/mol. The molecular weight excluding hydrogens is 322 g/mol. The van der Waals surface area contributed by atoms with Gasteiger partial charge >= 0.3 is 0 Å². The van der Waals surface area contributed by atoms with E-state index in [-0.39, 0.29) is 12.2 Å². The highest BCUT2D eigenvalue weighted by atomic mass is 16.4. The van der Waals surface area contributed by atoms with Crippen molar-refractivity contribution in [3.63, 3.8) is 0 Å². The third-order valence-corrected chi connectivity index (χ3v) is 3.49. The highest BCUT2D eigenvalue weighted by Crippen LogP contribution is 2.12. The van der Waals surface area contributed by atoms with Crippen molar-refractivity contribution in [1.29, 1.82) is 0 Å². The summed E-state index contributed by atoms with van der Waals surface area (Å²) in [5.41, 5.74) is 6.20. The second-order valence-corrected chi connectivity index (χ2v) is 5.37. The van der Waals surface area contributed by atoms with Gasteiger partial charge < -0.3 is 36.4 Å². The van der Waals surface area contributed by atoms with Gasteiger partial charge in [-0.25, -0.2) is 0 Å². The zero-order chi connectivity index (χ0) is 18.4. The molecule has 0 radical (unpaired) electrons. The lowest BCUT2D eigenvalue weighted by molar-refractivity contribution is -0.153. The van der Waals surface area contributed by atoms with E-state index in [0.29, 0.717) is 5.56 Å². The Balaban J connectivity index is 2.71. The molecule has 0 amide bonds. The molecule has 0 saturated heterocycles. The maximum atomic E-state index is 12.0. The molecule has 1 unspecified atom stereocenters. The third kappa shape index (κ3) is 5.06. The Bertz CT molecular complexity index is 561. The zero-order valence-electron chi connectivity index (χ0n) is 12.7. The van der Waals surface area contributed by atoms with Crippen molar-refractivity contribution in [1.82, 2.24) is 0 Å². The van der Waals surface area contributed by atoms with E-state index in [1.54, 1.807) is 0 Å². The molecule has 0 spiro atoms. The Morgan fingerprint density at radius 1 is 1.00 bits per heavy atom. The largest absolute Gasteiger partial charge is 0.508 e. The van der Waals surface area contributed by atoms with Crippen LogP contribution in [0.4, 0.5) is 0 Å². The Labute approximate surface area is 137 Å². The number of nitrogens with two attached hydrogens (primary N) is 1. The lowest BCUT2D eigenvalue weighted by atomic mass is 9.94. The second kappa shape index (κ2) is 8.83. The van der Waals surface area contributed by atoms with E-state index in [0.717, 1.165) is 0 Å². The number of aliphatic hydroxyl groups excluding tert-OH is 5. The van der Waals surface area contributed by atoms with Crippen molar-refractivity contribution in [2.24, 2.45) is 5.73 Å². The van der Waals surface area contributed by atoms with Crippen LogP contribution < -0.4 is 5.73 Å². The molecule has 1 rings (SSSR count). The molecule has 1 aromatic carbocycles. The smallest absolute Gasteiger partial charge is 0.200 e. The molecule has 0 bridgehead atoms. The molecule has 134 valence electrons. The zero-order valence-corrected chi connectivity index (χ0v) is 12.7. The molecule has 0 saturated carbocycles. The predicted octanol–water partition coefficient (Wildman–Crippen LogP) is -3.16. The van der Waals surface area contributed by atoms with Crippen molar-refractivity contribution in [3.05, 3.63) is 29.8 Å². The van der Waals surface area contributed by atoms with Crippen LogP contribution in [0.15, 0.2) is 24.3 Å². The number of carbonyl (C=O) groups excluding carboxylic acids is 2. The number of rotatable bonds is 9. The van der Waals surface area contributed by atoms with E-state index >= 15 is 0 Å². The summed E-state index contributed by atoms with van der Waals surface area (Å²) in [6.45, 7) is -0.921. The van der Waals surface area contributed by atoms with E-state index in [9.17, 15) is 24.9 Å². The Hall–Kier alpha value is -1.88. The molecule has 0 aliphatic carbocycles. The Morgan fingerprint density at radius 3 is 2.04 bits per heavy atom. The van der Waals surface area contributed by atoms with E-state index in [1.807, 2.05) is 0 Å². The maximum absolute atomic E-state index is 12.0. The highest BCUT2D eigenvalue weighted by molar-refractivity contribution is 6.09. The summed E-state index contributed by atoms with van der Waals surface area (Å²) in [6, 6.07) is 4.51. The molecule has 0 fully saturated rings. The number of hydrogen-bond donors (Lipinski definition) is 7. The highest BCUT2D eigenvalue weighted by Gasteiger charge is 2.37. The van der Waals surface area contributed by atoms with Gasteiger partial charge in [-0.05, 0) is 24.1 Å². The van der Waals surface area contributed by atoms with E-state index in [4.69, 9.17) is 21.1 Å². The number of hydrogen-bond acceptors (Lipinski definition) is 9. The van der Waals surface area contributed by atoms with E-state index < -0.39 is 48.6 Å². The van der Waals surface area contributed by atoms with Gasteiger partial charge in [-0.15, -0.1) is 0 Å². The lowest BCUT2D eigenvalue weighted by Gasteiger charge is -2.23. The summed E-state index contributed by atoms with van der Waals surface area (Å²) < 4.78 is 0. The minimum Gasteiger partial charge on any atom is -0.508 e. The van der Waals surface area contributed by atoms with Crippen LogP contribution in [-0.4, -0.2) is 79.3 Å². The first-order valence-electron chi connectivity index (χ1n) is 7.13. The van der Waals surface area contributed by atoms with Crippen LogP contribution in [0, 0.1) is 0 Å². The van der Waals surface area contributed by atoms with Gasteiger partial charge in [0.05, 0.1) is 12.6 Å². The van der Waals surface area contributed by atoms with Crippen LogP contribution in [0.5, 0.6) is 5.75 Å². The number of Topliss-reactive ketones (excluding diaryl/α,β-unsaturated/α-hetero) is 2.